The Morgan fingerprint density at radius 3 is 2.48 bits per heavy atom. The maximum atomic E-state index is 13.6. The minimum absolute atomic E-state index is 0.190. The van der Waals surface area contributed by atoms with Gasteiger partial charge in [-0.2, -0.15) is 0 Å². The van der Waals surface area contributed by atoms with Gasteiger partial charge in [0.2, 0.25) is 0 Å². The van der Waals surface area contributed by atoms with Gasteiger partial charge in [0.1, 0.15) is 16.5 Å². The average Bonchev–Trinajstić information content (AvgIpc) is 2.71. The maximum absolute atomic E-state index is 13.6. The Morgan fingerprint density at radius 1 is 1.29 bits per heavy atom. The number of carbonyl (C=O) groups excluding carboxylic acids is 2. The van der Waals surface area contributed by atoms with Gasteiger partial charge >= 0.3 is 0 Å². The highest BCUT2D eigenvalue weighted by atomic mass is 32.1. The molecule has 0 aliphatic carbocycles. The van der Waals surface area contributed by atoms with E-state index in [9.17, 15) is 18.4 Å². The number of hydrogen-bond acceptors (Lipinski definition) is 5. The van der Waals surface area contributed by atoms with Crippen molar-refractivity contribution in [3.05, 3.63) is 39.9 Å². The monoisotopic (exact) mass is 312 g/mol. The van der Waals surface area contributed by atoms with Crippen LogP contribution in [-0.2, 0) is 0 Å². The number of hydrogen-bond donors (Lipinski definition) is 3. The maximum Gasteiger partial charge on any atom is 0.267 e. The van der Waals surface area contributed by atoms with Crippen molar-refractivity contribution in [2.24, 2.45) is 5.73 Å². The summed E-state index contributed by atoms with van der Waals surface area (Å²) in [5.41, 5.74) is 9.93. The molecule has 0 radical (unpaired) electrons. The summed E-state index contributed by atoms with van der Waals surface area (Å²) in [5.74, 6) is -3.86. The van der Waals surface area contributed by atoms with Crippen molar-refractivity contribution in [2.45, 2.75) is 6.92 Å². The van der Waals surface area contributed by atoms with Crippen LogP contribution in [0, 0.1) is 18.6 Å². The number of nitrogen functional groups attached to an aromatic ring is 1. The van der Waals surface area contributed by atoms with E-state index in [-0.39, 0.29) is 15.7 Å². The minimum Gasteiger partial charge on any atom is -0.375 e. The number of nitrogens with two attached hydrogens (primary N) is 2. The zero-order valence-electron chi connectivity index (χ0n) is 10.7. The minimum atomic E-state index is -1.10. The molecule has 0 bridgehead atoms. The second-order valence-electron chi connectivity index (χ2n) is 4.10. The number of carbonyl (C=O) groups is 2. The first-order valence-corrected chi connectivity index (χ1v) is 6.44. The number of halogens is 2. The Balaban J connectivity index is 2.35. The highest BCUT2D eigenvalue weighted by molar-refractivity contribution is 7.17. The normalized spacial score (nSPS) is 10.4. The van der Waals surface area contributed by atoms with Crippen molar-refractivity contribution in [1.29, 1.82) is 0 Å². The van der Waals surface area contributed by atoms with E-state index in [4.69, 9.17) is 11.5 Å². The molecule has 2 aromatic rings. The fourth-order valence-corrected chi connectivity index (χ4v) is 2.37. The van der Waals surface area contributed by atoms with Crippen LogP contribution in [0.4, 0.5) is 19.6 Å². The summed E-state index contributed by atoms with van der Waals surface area (Å²) in [4.78, 5) is 27.1. The van der Waals surface area contributed by atoms with Gasteiger partial charge in [0, 0.05) is 6.07 Å². The van der Waals surface area contributed by atoms with Crippen LogP contribution in [-0.4, -0.2) is 16.8 Å². The largest absolute Gasteiger partial charge is 0.375 e. The van der Waals surface area contributed by atoms with Crippen LogP contribution in [0.1, 0.15) is 25.7 Å². The number of primary amides is 1. The number of rotatable bonds is 3. The van der Waals surface area contributed by atoms with Crippen LogP contribution in [0.5, 0.6) is 0 Å². The lowest BCUT2D eigenvalue weighted by Crippen LogP contribution is -2.17. The van der Waals surface area contributed by atoms with E-state index >= 15 is 0 Å². The van der Waals surface area contributed by atoms with Crippen LogP contribution in [0.25, 0.3) is 0 Å². The topological polar surface area (TPSA) is 111 Å². The molecular formula is C12H10F2N4O2S. The predicted molar refractivity (Wildman–Crippen MR) is 74.1 cm³/mol. The predicted octanol–water partition coefficient (Wildman–Crippen LogP) is 1.66. The van der Waals surface area contributed by atoms with Crippen molar-refractivity contribution in [3.63, 3.8) is 0 Å². The molecular weight excluding hydrogens is 302 g/mol. The molecule has 0 saturated heterocycles. The number of aryl methyl sites for hydroxylation is 1. The van der Waals surface area contributed by atoms with Gasteiger partial charge in [0.25, 0.3) is 11.8 Å². The van der Waals surface area contributed by atoms with Gasteiger partial charge in [-0.1, -0.05) is 11.3 Å². The van der Waals surface area contributed by atoms with Crippen LogP contribution in [0.15, 0.2) is 12.1 Å². The molecule has 1 aromatic carbocycles. The van der Waals surface area contributed by atoms with Gasteiger partial charge in [0.15, 0.2) is 5.13 Å². The number of nitrogens with one attached hydrogen (secondary N) is 1. The molecule has 0 unspecified atom stereocenters. The highest BCUT2D eigenvalue weighted by Crippen LogP contribution is 2.23. The highest BCUT2D eigenvalue weighted by Gasteiger charge is 2.19. The molecule has 0 fully saturated rings. The van der Waals surface area contributed by atoms with Gasteiger partial charge in [-0.3, -0.25) is 9.59 Å². The molecule has 0 aliphatic rings. The second-order valence-corrected chi connectivity index (χ2v) is 5.13. The van der Waals surface area contributed by atoms with Crippen molar-refractivity contribution < 1.29 is 18.4 Å². The summed E-state index contributed by atoms with van der Waals surface area (Å²) >= 11 is 0.928. The van der Waals surface area contributed by atoms with Crippen molar-refractivity contribution in [1.82, 2.24) is 4.98 Å². The number of amides is 2. The van der Waals surface area contributed by atoms with Crippen molar-refractivity contribution in [3.8, 4) is 0 Å². The van der Waals surface area contributed by atoms with Crippen molar-refractivity contribution >= 4 is 34.0 Å². The molecule has 2 amide bonds. The van der Waals surface area contributed by atoms with Crippen LogP contribution < -0.4 is 16.8 Å². The molecule has 0 spiro atoms. The third-order valence-electron chi connectivity index (χ3n) is 2.59. The lowest BCUT2D eigenvalue weighted by molar-refractivity contribution is 0.0992. The number of nitrogens with zero attached hydrogens (tertiary/aromatic N) is 1. The number of thiazole rings is 1. The quantitative estimate of drug-likeness (QED) is 0.800. The van der Waals surface area contributed by atoms with Gasteiger partial charge in [0.05, 0.1) is 16.9 Å². The Morgan fingerprint density at radius 2 is 1.95 bits per heavy atom. The molecule has 0 saturated carbocycles. The summed E-state index contributed by atoms with van der Waals surface area (Å²) in [6, 6.07) is 1.31. The molecule has 9 heteroatoms. The smallest absolute Gasteiger partial charge is 0.267 e. The molecule has 0 aliphatic heterocycles. The summed E-state index contributed by atoms with van der Waals surface area (Å²) in [5, 5.41) is 2.42. The molecule has 5 N–H and O–H groups in total. The number of anilines is 2. The molecule has 0 atom stereocenters. The van der Waals surface area contributed by atoms with Crippen LogP contribution in [0.3, 0.4) is 0 Å². The van der Waals surface area contributed by atoms with E-state index < -0.39 is 29.0 Å². The first-order chi connectivity index (χ1) is 9.79. The summed E-state index contributed by atoms with van der Waals surface area (Å²) in [6.45, 7) is 1.57. The molecule has 110 valence electrons. The summed E-state index contributed by atoms with van der Waals surface area (Å²) in [7, 11) is 0. The SMILES string of the molecule is Cc1nc(N)sc1C(=O)Nc1cc(C(N)=O)c(F)cc1F. The molecule has 2 rings (SSSR count). The van der Waals surface area contributed by atoms with E-state index in [0.29, 0.717) is 11.8 Å². The van der Waals surface area contributed by atoms with Gasteiger partial charge < -0.3 is 16.8 Å². The zero-order chi connectivity index (χ0) is 15.7. The molecule has 6 nitrogen and oxygen atoms in total. The lowest BCUT2D eigenvalue weighted by Gasteiger charge is -2.08. The van der Waals surface area contributed by atoms with Gasteiger partial charge in [-0.05, 0) is 13.0 Å². The first kappa shape index (κ1) is 14.9. The Hall–Kier alpha value is -2.55. The third-order valence-corrected chi connectivity index (χ3v) is 3.58. The third kappa shape index (κ3) is 2.97. The van der Waals surface area contributed by atoms with E-state index in [1.54, 1.807) is 6.92 Å². The Kier molecular flexibility index (Phi) is 3.85. The average molecular weight is 312 g/mol. The summed E-state index contributed by atoms with van der Waals surface area (Å²) in [6.07, 6.45) is 0. The second kappa shape index (κ2) is 5.44. The van der Waals surface area contributed by atoms with E-state index in [1.807, 2.05) is 0 Å². The van der Waals surface area contributed by atoms with E-state index in [2.05, 4.69) is 10.3 Å². The molecule has 1 aromatic heterocycles. The fourth-order valence-electron chi connectivity index (χ4n) is 1.64. The Bertz CT molecular complexity index is 745. The van der Waals surface area contributed by atoms with Gasteiger partial charge in [-0.25, -0.2) is 13.8 Å². The van der Waals surface area contributed by atoms with Gasteiger partial charge in [-0.15, -0.1) is 0 Å². The Labute approximate surface area is 121 Å². The van der Waals surface area contributed by atoms with Crippen LogP contribution >= 0.6 is 11.3 Å². The first-order valence-electron chi connectivity index (χ1n) is 5.62. The zero-order valence-corrected chi connectivity index (χ0v) is 11.6. The summed E-state index contributed by atoms with van der Waals surface area (Å²) < 4.78 is 27.0. The van der Waals surface area contributed by atoms with E-state index in [0.717, 1.165) is 17.4 Å². The standard InChI is InChI=1S/C12H10F2N4O2S/c1-4-9(21-12(16)17-4)11(20)18-8-2-5(10(15)19)6(13)3-7(8)14/h2-3H,1H3,(H2,15,19)(H2,16,17)(H,18,20). The van der Waals surface area contributed by atoms with E-state index in [1.165, 1.54) is 0 Å². The lowest BCUT2D eigenvalue weighted by atomic mass is 10.1. The van der Waals surface area contributed by atoms with Crippen molar-refractivity contribution in [2.75, 3.05) is 11.1 Å². The number of benzene rings is 1. The molecule has 1 heterocycles. The number of aromatic nitrogens is 1. The fraction of sp³-hybridized carbons (Fsp3) is 0.0833. The van der Waals surface area contributed by atoms with Crippen LogP contribution in [0.2, 0.25) is 0 Å². The molecule has 21 heavy (non-hydrogen) atoms.